The molecule has 1 aliphatic carbocycles. The Morgan fingerprint density at radius 1 is 1.21 bits per heavy atom. The first-order valence-electron chi connectivity index (χ1n) is 10.4. The van der Waals surface area contributed by atoms with Crippen LogP contribution in [0.5, 0.6) is 0 Å². The van der Waals surface area contributed by atoms with Gasteiger partial charge in [0.15, 0.2) is 5.96 Å². The second-order valence-electron chi connectivity index (χ2n) is 7.86. The minimum absolute atomic E-state index is 0.211. The van der Waals surface area contributed by atoms with Crippen molar-refractivity contribution in [2.75, 3.05) is 27.2 Å². The summed E-state index contributed by atoms with van der Waals surface area (Å²) in [6.45, 7) is 3.95. The largest absolute Gasteiger partial charge is 0.357 e. The number of rotatable bonds is 7. The molecule has 3 rings (SSSR count). The van der Waals surface area contributed by atoms with E-state index < -0.39 is 0 Å². The lowest BCUT2D eigenvalue weighted by Gasteiger charge is -2.31. The summed E-state index contributed by atoms with van der Waals surface area (Å²) in [5.41, 5.74) is 1.74. The number of aliphatic imine (C=N–C) groups is 1. The number of amides is 1. The molecule has 1 amide bonds. The molecule has 1 aliphatic rings. The third-order valence-corrected chi connectivity index (χ3v) is 5.44. The standard InChI is InChI=1S/C22H32N6O/c1-4-23-21(25-17-22(12-8-9-13-22)20(29)27(2)3)24-14-18-15-26-28(16-18)19-10-6-5-7-11-19/h5-7,10-11,15-16H,4,8-9,12-14,17H2,1-3H3,(H2,23,24,25). The van der Waals surface area contributed by atoms with Gasteiger partial charge in [0.1, 0.15) is 0 Å². The molecule has 1 heterocycles. The van der Waals surface area contributed by atoms with Crippen LogP contribution < -0.4 is 10.6 Å². The summed E-state index contributed by atoms with van der Waals surface area (Å²) in [7, 11) is 3.68. The van der Waals surface area contributed by atoms with E-state index in [0.29, 0.717) is 13.1 Å². The molecule has 1 aromatic carbocycles. The van der Waals surface area contributed by atoms with Crippen molar-refractivity contribution in [3.63, 3.8) is 0 Å². The number of carbonyl (C=O) groups excluding carboxylic acids is 1. The molecular formula is C22H32N6O. The molecular weight excluding hydrogens is 364 g/mol. The molecule has 156 valence electrons. The molecule has 0 saturated heterocycles. The van der Waals surface area contributed by atoms with E-state index in [1.807, 2.05) is 68.4 Å². The zero-order valence-electron chi connectivity index (χ0n) is 17.7. The van der Waals surface area contributed by atoms with E-state index in [0.717, 1.165) is 49.4 Å². The SMILES string of the molecule is CCNC(=NCc1cnn(-c2ccccc2)c1)NCC1(C(=O)N(C)C)CCCC1. The number of benzene rings is 1. The summed E-state index contributed by atoms with van der Waals surface area (Å²) >= 11 is 0. The van der Waals surface area contributed by atoms with Gasteiger partial charge in [0.05, 0.1) is 23.8 Å². The second-order valence-corrected chi connectivity index (χ2v) is 7.86. The Morgan fingerprint density at radius 3 is 2.59 bits per heavy atom. The van der Waals surface area contributed by atoms with Gasteiger partial charge < -0.3 is 15.5 Å². The highest BCUT2D eigenvalue weighted by Crippen LogP contribution is 2.38. The zero-order valence-corrected chi connectivity index (χ0v) is 17.7. The number of nitrogens with one attached hydrogen (secondary N) is 2. The molecule has 29 heavy (non-hydrogen) atoms. The zero-order chi connectivity index (χ0) is 20.7. The average Bonchev–Trinajstić information content (AvgIpc) is 3.40. The van der Waals surface area contributed by atoms with Crippen molar-refractivity contribution in [1.29, 1.82) is 0 Å². The van der Waals surface area contributed by atoms with Crippen molar-refractivity contribution >= 4 is 11.9 Å². The fourth-order valence-electron chi connectivity index (χ4n) is 3.92. The van der Waals surface area contributed by atoms with E-state index in [9.17, 15) is 4.79 Å². The topological polar surface area (TPSA) is 74.5 Å². The van der Waals surface area contributed by atoms with E-state index >= 15 is 0 Å². The molecule has 2 N–H and O–H groups in total. The van der Waals surface area contributed by atoms with Crippen molar-refractivity contribution in [2.45, 2.75) is 39.2 Å². The minimum atomic E-state index is -0.322. The van der Waals surface area contributed by atoms with Crippen LogP contribution in [0.25, 0.3) is 5.69 Å². The third-order valence-electron chi connectivity index (χ3n) is 5.44. The Labute approximate surface area is 173 Å². The van der Waals surface area contributed by atoms with Crippen LogP contribution in [0.1, 0.15) is 38.2 Å². The van der Waals surface area contributed by atoms with Crippen LogP contribution >= 0.6 is 0 Å². The van der Waals surface area contributed by atoms with E-state index in [1.54, 1.807) is 4.90 Å². The van der Waals surface area contributed by atoms with Gasteiger partial charge in [-0.05, 0) is 31.9 Å². The van der Waals surface area contributed by atoms with Crippen LogP contribution in [0.2, 0.25) is 0 Å². The van der Waals surface area contributed by atoms with Gasteiger partial charge >= 0.3 is 0 Å². The Morgan fingerprint density at radius 2 is 1.93 bits per heavy atom. The molecule has 7 heteroatoms. The predicted molar refractivity (Wildman–Crippen MR) is 116 cm³/mol. The Bertz CT molecular complexity index is 821. The highest BCUT2D eigenvalue weighted by atomic mass is 16.2. The van der Waals surface area contributed by atoms with Gasteiger partial charge in [0, 0.05) is 38.9 Å². The summed E-state index contributed by atoms with van der Waals surface area (Å²) in [5, 5.41) is 11.1. The van der Waals surface area contributed by atoms with Crippen molar-refractivity contribution in [3.05, 3.63) is 48.3 Å². The number of nitrogens with zero attached hydrogens (tertiary/aromatic N) is 4. The molecule has 7 nitrogen and oxygen atoms in total. The summed E-state index contributed by atoms with van der Waals surface area (Å²) in [4.78, 5) is 19.2. The van der Waals surface area contributed by atoms with E-state index in [-0.39, 0.29) is 11.3 Å². The number of carbonyl (C=O) groups is 1. The summed E-state index contributed by atoms with van der Waals surface area (Å²) < 4.78 is 1.86. The average molecular weight is 397 g/mol. The van der Waals surface area contributed by atoms with Crippen LogP contribution in [0.4, 0.5) is 0 Å². The monoisotopic (exact) mass is 396 g/mol. The van der Waals surface area contributed by atoms with Crippen molar-refractivity contribution in [1.82, 2.24) is 25.3 Å². The molecule has 1 aromatic heterocycles. The first-order valence-corrected chi connectivity index (χ1v) is 10.4. The van der Waals surface area contributed by atoms with Crippen molar-refractivity contribution < 1.29 is 4.79 Å². The van der Waals surface area contributed by atoms with Gasteiger partial charge in [-0.3, -0.25) is 4.79 Å². The van der Waals surface area contributed by atoms with Crippen molar-refractivity contribution in [2.24, 2.45) is 10.4 Å². The minimum Gasteiger partial charge on any atom is -0.357 e. The smallest absolute Gasteiger partial charge is 0.230 e. The number of guanidine groups is 1. The van der Waals surface area contributed by atoms with Gasteiger partial charge in [0.25, 0.3) is 0 Å². The Balaban J connectivity index is 1.66. The molecule has 0 aliphatic heterocycles. The predicted octanol–water partition coefficient (Wildman–Crippen LogP) is 2.58. The number of hydrogen-bond donors (Lipinski definition) is 2. The van der Waals surface area contributed by atoms with Crippen LogP contribution in [0, 0.1) is 5.41 Å². The maximum absolute atomic E-state index is 12.8. The molecule has 0 atom stereocenters. The van der Waals surface area contributed by atoms with Crippen LogP contribution in [-0.4, -0.2) is 53.7 Å². The maximum Gasteiger partial charge on any atom is 0.230 e. The Kier molecular flexibility index (Phi) is 6.90. The van der Waals surface area contributed by atoms with Gasteiger partial charge in [0.2, 0.25) is 5.91 Å². The normalized spacial score (nSPS) is 15.9. The molecule has 0 bridgehead atoms. The van der Waals surface area contributed by atoms with Crippen LogP contribution in [-0.2, 0) is 11.3 Å². The lowest BCUT2D eigenvalue weighted by Crippen LogP contribution is -2.49. The van der Waals surface area contributed by atoms with Crippen LogP contribution in [0.15, 0.2) is 47.7 Å². The number of aromatic nitrogens is 2. The van der Waals surface area contributed by atoms with Crippen molar-refractivity contribution in [3.8, 4) is 5.69 Å². The van der Waals surface area contributed by atoms with Gasteiger partial charge in [-0.2, -0.15) is 5.10 Å². The second kappa shape index (κ2) is 9.58. The highest BCUT2D eigenvalue weighted by Gasteiger charge is 2.42. The van der Waals surface area contributed by atoms with E-state index in [1.165, 1.54) is 0 Å². The Hall–Kier alpha value is -2.83. The first kappa shape index (κ1) is 20.9. The summed E-state index contributed by atoms with van der Waals surface area (Å²) in [5.74, 6) is 0.945. The molecule has 1 saturated carbocycles. The van der Waals surface area contributed by atoms with E-state index in [2.05, 4.69) is 15.7 Å². The fraction of sp³-hybridized carbons (Fsp3) is 0.500. The quantitative estimate of drug-likeness (QED) is 0.557. The maximum atomic E-state index is 12.8. The lowest BCUT2D eigenvalue weighted by atomic mass is 9.84. The molecule has 0 radical (unpaired) electrons. The lowest BCUT2D eigenvalue weighted by molar-refractivity contribution is -0.138. The molecule has 2 aromatic rings. The van der Waals surface area contributed by atoms with Crippen LogP contribution in [0.3, 0.4) is 0 Å². The third kappa shape index (κ3) is 5.16. The summed E-state index contributed by atoms with van der Waals surface area (Å²) in [6.07, 6.45) is 7.91. The fourth-order valence-corrected chi connectivity index (χ4v) is 3.92. The summed E-state index contributed by atoms with van der Waals surface area (Å²) in [6, 6.07) is 10.0. The van der Waals surface area contributed by atoms with Gasteiger partial charge in [-0.25, -0.2) is 9.67 Å². The highest BCUT2D eigenvalue weighted by molar-refractivity contribution is 5.85. The number of hydrogen-bond acceptors (Lipinski definition) is 3. The molecule has 0 spiro atoms. The molecule has 1 fully saturated rings. The molecule has 0 unspecified atom stereocenters. The number of para-hydroxylation sites is 1. The first-order chi connectivity index (χ1) is 14.0. The van der Waals surface area contributed by atoms with Gasteiger partial charge in [-0.1, -0.05) is 31.0 Å². The van der Waals surface area contributed by atoms with E-state index in [4.69, 9.17) is 4.99 Å². The van der Waals surface area contributed by atoms with Gasteiger partial charge in [-0.15, -0.1) is 0 Å².